The van der Waals surface area contributed by atoms with Gasteiger partial charge in [-0.3, -0.25) is 4.98 Å². The van der Waals surface area contributed by atoms with Crippen LogP contribution in [0.4, 0.5) is 5.95 Å². The molecule has 0 aliphatic carbocycles. The van der Waals surface area contributed by atoms with E-state index in [-0.39, 0.29) is 5.95 Å². The molecule has 0 aliphatic heterocycles. The van der Waals surface area contributed by atoms with Crippen LogP contribution in [0.1, 0.15) is 5.69 Å². The van der Waals surface area contributed by atoms with E-state index in [0.29, 0.717) is 16.7 Å². The van der Waals surface area contributed by atoms with Gasteiger partial charge in [-0.15, -0.1) is 0 Å². The Labute approximate surface area is 130 Å². The summed E-state index contributed by atoms with van der Waals surface area (Å²) in [5, 5.41) is 1.75. The molecule has 106 valence electrons. The zero-order valence-corrected chi connectivity index (χ0v) is 12.4. The normalized spacial score (nSPS) is 10.7. The lowest BCUT2D eigenvalue weighted by molar-refractivity contribution is 0.693. The summed E-state index contributed by atoms with van der Waals surface area (Å²) < 4.78 is 1.99. The van der Waals surface area contributed by atoms with Gasteiger partial charge in [0, 0.05) is 24.7 Å². The zero-order valence-electron chi connectivity index (χ0n) is 10.8. The maximum Gasteiger partial charge on any atom is 0.222 e. The van der Waals surface area contributed by atoms with E-state index in [1.54, 1.807) is 18.5 Å². The predicted molar refractivity (Wildman–Crippen MR) is 81.1 cm³/mol. The number of halogens is 1. The first-order valence-corrected chi connectivity index (χ1v) is 7.29. The topological polar surface area (TPSA) is 82.5 Å². The third-order valence-corrected chi connectivity index (χ3v) is 3.75. The largest absolute Gasteiger partial charge is 0.368 e. The second-order valence-electron chi connectivity index (χ2n) is 4.15. The van der Waals surface area contributed by atoms with Crippen LogP contribution < -0.4 is 5.73 Å². The van der Waals surface area contributed by atoms with Crippen LogP contribution >= 0.6 is 23.4 Å². The Kier molecular flexibility index (Phi) is 4.03. The van der Waals surface area contributed by atoms with Gasteiger partial charge in [-0.05, 0) is 23.9 Å². The van der Waals surface area contributed by atoms with Gasteiger partial charge < -0.3 is 10.3 Å². The van der Waals surface area contributed by atoms with Gasteiger partial charge in [-0.2, -0.15) is 0 Å². The van der Waals surface area contributed by atoms with Crippen LogP contribution in [-0.4, -0.2) is 24.5 Å². The molecule has 0 fully saturated rings. The highest BCUT2D eigenvalue weighted by atomic mass is 35.5. The van der Waals surface area contributed by atoms with Crippen LogP contribution in [0.25, 0.3) is 0 Å². The number of nitrogen functional groups attached to an aromatic ring is 1. The number of nitrogens with zero attached hydrogens (tertiary/aromatic N) is 5. The number of hydrogen-bond acceptors (Lipinski definition) is 6. The second kappa shape index (κ2) is 6.11. The SMILES string of the molecule is Nc1nc(Cl)cc(Sc2nccn2Cc2ccccn2)n1. The van der Waals surface area contributed by atoms with Crippen molar-refractivity contribution in [2.75, 3.05) is 5.73 Å². The Morgan fingerprint density at radius 1 is 1.19 bits per heavy atom. The van der Waals surface area contributed by atoms with E-state index in [1.165, 1.54) is 11.8 Å². The minimum Gasteiger partial charge on any atom is -0.368 e. The molecule has 8 heteroatoms. The van der Waals surface area contributed by atoms with Crippen LogP contribution in [0.15, 0.2) is 53.0 Å². The Hall–Kier alpha value is -2.12. The number of imidazole rings is 1. The molecule has 6 nitrogen and oxygen atoms in total. The molecule has 0 saturated heterocycles. The molecule has 0 aliphatic rings. The molecule has 2 N–H and O–H groups in total. The third-order valence-electron chi connectivity index (χ3n) is 2.62. The molecule has 3 heterocycles. The molecule has 0 radical (unpaired) electrons. The van der Waals surface area contributed by atoms with Crippen molar-refractivity contribution in [2.45, 2.75) is 16.7 Å². The molecule has 0 bridgehead atoms. The Morgan fingerprint density at radius 3 is 2.86 bits per heavy atom. The van der Waals surface area contributed by atoms with Gasteiger partial charge in [0.05, 0.1) is 12.2 Å². The number of pyridine rings is 1. The Balaban J connectivity index is 1.82. The maximum absolute atomic E-state index is 5.88. The van der Waals surface area contributed by atoms with Crippen molar-refractivity contribution >= 4 is 29.3 Å². The highest BCUT2D eigenvalue weighted by Gasteiger charge is 2.09. The molecule has 21 heavy (non-hydrogen) atoms. The number of rotatable bonds is 4. The monoisotopic (exact) mass is 318 g/mol. The number of nitrogens with two attached hydrogens (primary N) is 1. The molecular weight excluding hydrogens is 308 g/mol. The first-order valence-electron chi connectivity index (χ1n) is 6.09. The fourth-order valence-corrected chi connectivity index (χ4v) is 2.85. The zero-order chi connectivity index (χ0) is 14.7. The summed E-state index contributed by atoms with van der Waals surface area (Å²) in [4.78, 5) is 16.6. The van der Waals surface area contributed by atoms with Gasteiger partial charge in [-0.25, -0.2) is 15.0 Å². The first kappa shape index (κ1) is 13.8. The third kappa shape index (κ3) is 3.50. The molecule has 0 aromatic carbocycles. The van der Waals surface area contributed by atoms with Crippen LogP contribution in [0, 0.1) is 0 Å². The highest BCUT2D eigenvalue weighted by molar-refractivity contribution is 7.99. The van der Waals surface area contributed by atoms with E-state index in [0.717, 1.165) is 10.9 Å². The minimum absolute atomic E-state index is 0.146. The molecule has 3 aromatic heterocycles. The van der Waals surface area contributed by atoms with Crippen molar-refractivity contribution in [3.8, 4) is 0 Å². The smallest absolute Gasteiger partial charge is 0.222 e. The van der Waals surface area contributed by atoms with Crippen molar-refractivity contribution < 1.29 is 0 Å². The Bertz CT molecular complexity index is 725. The lowest BCUT2D eigenvalue weighted by Crippen LogP contribution is -2.02. The van der Waals surface area contributed by atoms with Crippen molar-refractivity contribution in [2.24, 2.45) is 0 Å². The molecule has 0 spiro atoms. The summed E-state index contributed by atoms with van der Waals surface area (Å²) >= 11 is 7.26. The predicted octanol–water partition coefficient (Wildman–Crippen LogP) is 2.50. The average Bonchev–Trinajstić information content (AvgIpc) is 2.86. The van der Waals surface area contributed by atoms with Crippen molar-refractivity contribution in [3.63, 3.8) is 0 Å². The average molecular weight is 319 g/mol. The standard InChI is InChI=1S/C13H11ClN6S/c14-10-7-11(19-12(15)18-10)21-13-17-5-6-20(13)8-9-3-1-2-4-16-9/h1-7H,8H2,(H2,15,18,19). The molecule has 0 unspecified atom stereocenters. The molecular formula is C13H11ClN6S. The summed E-state index contributed by atoms with van der Waals surface area (Å²) in [6.45, 7) is 0.636. The van der Waals surface area contributed by atoms with Crippen molar-refractivity contribution in [1.82, 2.24) is 24.5 Å². The summed E-state index contributed by atoms with van der Waals surface area (Å²) in [5.74, 6) is 0.146. The van der Waals surface area contributed by atoms with Crippen LogP contribution in [0.2, 0.25) is 5.15 Å². The number of hydrogen-bond donors (Lipinski definition) is 1. The highest BCUT2D eigenvalue weighted by Crippen LogP contribution is 2.26. The van der Waals surface area contributed by atoms with Gasteiger partial charge >= 0.3 is 0 Å². The second-order valence-corrected chi connectivity index (χ2v) is 5.52. The first-order chi connectivity index (χ1) is 10.2. The molecule has 0 saturated carbocycles. The van der Waals surface area contributed by atoms with Crippen molar-refractivity contribution in [3.05, 3.63) is 53.7 Å². The summed E-state index contributed by atoms with van der Waals surface area (Å²) in [5.41, 5.74) is 6.55. The molecule has 0 amide bonds. The van der Waals surface area contributed by atoms with Crippen LogP contribution in [-0.2, 0) is 6.54 Å². The van der Waals surface area contributed by atoms with E-state index < -0.39 is 0 Å². The van der Waals surface area contributed by atoms with Crippen LogP contribution in [0.5, 0.6) is 0 Å². The summed E-state index contributed by atoms with van der Waals surface area (Å²) in [6.07, 6.45) is 5.39. The fourth-order valence-electron chi connectivity index (χ4n) is 1.75. The Morgan fingerprint density at radius 2 is 2.10 bits per heavy atom. The van der Waals surface area contributed by atoms with E-state index in [9.17, 15) is 0 Å². The van der Waals surface area contributed by atoms with Gasteiger partial charge in [0.15, 0.2) is 5.16 Å². The van der Waals surface area contributed by atoms with Crippen molar-refractivity contribution in [1.29, 1.82) is 0 Å². The quantitative estimate of drug-likeness (QED) is 0.744. The minimum atomic E-state index is 0.146. The molecule has 3 rings (SSSR count). The fraction of sp³-hybridized carbons (Fsp3) is 0.0769. The summed E-state index contributed by atoms with van der Waals surface area (Å²) in [6, 6.07) is 7.46. The maximum atomic E-state index is 5.88. The lowest BCUT2D eigenvalue weighted by atomic mass is 10.3. The van der Waals surface area contributed by atoms with E-state index in [1.807, 2.05) is 29.0 Å². The van der Waals surface area contributed by atoms with E-state index in [2.05, 4.69) is 19.9 Å². The molecule has 3 aromatic rings. The van der Waals surface area contributed by atoms with Gasteiger partial charge in [0.2, 0.25) is 5.95 Å². The van der Waals surface area contributed by atoms with Crippen LogP contribution in [0.3, 0.4) is 0 Å². The van der Waals surface area contributed by atoms with E-state index in [4.69, 9.17) is 17.3 Å². The number of anilines is 1. The lowest BCUT2D eigenvalue weighted by Gasteiger charge is -2.07. The van der Waals surface area contributed by atoms with Gasteiger partial charge in [0.25, 0.3) is 0 Å². The van der Waals surface area contributed by atoms with Gasteiger partial charge in [0.1, 0.15) is 10.2 Å². The molecule has 0 atom stereocenters. The number of aromatic nitrogens is 5. The van der Waals surface area contributed by atoms with E-state index >= 15 is 0 Å². The van der Waals surface area contributed by atoms with Gasteiger partial charge in [-0.1, -0.05) is 17.7 Å². The summed E-state index contributed by atoms with van der Waals surface area (Å²) in [7, 11) is 0.